The highest BCUT2D eigenvalue weighted by atomic mass is 35.5. The Balaban J connectivity index is 1.48. The van der Waals surface area contributed by atoms with Crippen molar-refractivity contribution in [3.63, 3.8) is 0 Å². The number of benzene rings is 3. The molecule has 3 aromatic carbocycles. The second kappa shape index (κ2) is 11.3. The molecule has 0 radical (unpaired) electrons. The number of anilines is 1. The quantitative estimate of drug-likeness (QED) is 0.368. The van der Waals surface area contributed by atoms with Crippen molar-refractivity contribution in [3.05, 3.63) is 106 Å². The van der Waals surface area contributed by atoms with Crippen molar-refractivity contribution < 1.29 is 14.4 Å². The molecule has 0 atom stereocenters. The lowest BCUT2D eigenvalue weighted by atomic mass is 10.1. The molecule has 8 heteroatoms. The number of carbonyl (C=O) groups excluding carboxylic acids is 2. The van der Waals surface area contributed by atoms with E-state index in [2.05, 4.69) is 16.1 Å². The molecule has 0 aromatic heterocycles. The predicted octanol–water partition coefficient (Wildman–Crippen LogP) is 6.04. The molecule has 3 rings (SSSR count). The third-order valence-corrected chi connectivity index (χ3v) is 5.00. The zero-order valence-electron chi connectivity index (χ0n) is 17.2. The number of nitrogens with one attached hydrogen (secondary N) is 3. The van der Waals surface area contributed by atoms with Crippen LogP contribution in [-0.2, 0) is 11.4 Å². The zero-order chi connectivity index (χ0) is 22.9. The smallest absolute Gasteiger partial charge is 0.308 e. The standard InChI is InChI=1S/C24H21Cl2N3O3/c1-2-22(17-9-11-18(25)12-10-17)29-32-15-16-7-13-19(14-8-16)27-24(31)28-23(30)20-5-3-4-6-21(20)26/h2-14,29H,15H2,1H3,(H2,27,28,30,31). The van der Waals surface area contributed by atoms with Crippen LogP contribution in [0.15, 0.2) is 78.9 Å². The fourth-order valence-corrected chi connectivity index (χ4v) is 3.12. The summed E-state index contributed by atoms with van der Waals surface area (Å²) in [6.45, 7) is 2.21. The minimum absolute atomic E-state index is 0.225. The molecule has 0 spiro atoms. The fourth-order valence-electron chi connectivity index (χ4n) is 2.77. The van der Waals surface area contributed by atoms with E-state index in [0.717, 1.165) is 16.8 Å². The Morgan fingerprint density at radius 2 is 1.62 bits per heavy atom. The number of carbonyl (C=O) groups is 2. The number of hydroxylamine groups is 1. The molecule has 6 nitrogen and oxygen atoms in total. The monoisotopic (exact) mass is 469 g/mol. The SMILES string of the molecule is CC=C(NOCc1ccc(NC(=O)NC(=O)c2ccccc2Cl)cc1)c1ccc(Cl)cc1. The summed E-state index contributed by atoms with van der Waals surface area (Å²) in [4.78, 5) is 29.8. The molecule has 0 heterocycles. The van der Waals surface area contributed by atoms with Crippen molar-refractivity contribution in [2.24, 2.45) is 0 Å². The molecule has 0 aliphatic carbocycles. The van der Waals surface area contributed by atoms with E-state index in [1.807, 2.05) is 49.4 Å². The topological polar surface area (TPSA) is 79.5 Å². The minimum Gasteiger partial charge on any atom is -0.308 e. The number of amides is 3. The van der Waals surface area contributed by atoms with Gasteiger partial charge in [-0.1, -0.05) is 65.7 Å². The number of hydrogen-bond acceptors (Lipinski definition) is 4. The highest BCUT2D eigenvalue weighted by molar-refractivity contribution is 6.34. The highest BCUT2D eigenvalue weighted by Gasteiger charge is 2.13. The number of imide groups is 1. The maximum atomic E-state index is 12.1. The molecule has 0 unspecified atom stereocenters. The summed E-state index contributed by atoms with van der Waals surface area (Å²) in [5, 5.41) is 5.80. The largest absolute Gasteiger partial charge is 0.326 e. The van der Waals surface area contributed by atoms with Crippen LogP contribution in [0.25, 0.3) is 5.70 Å². The summed E-state index contributed by atoms with van der Waals surface area (Å²) in [7, 11) is 0. The first-order valence-corrected chi connectivity index (χ1v) is 10.5. The molecular weight excluding hydrogens is 449 g/mol. The van der Waals surface area contributed by atoms with Crippen molar-refractivity contribution in [2.45, 2.75) is 13.5 Å². The molecular formula is C24H21Cl2N3O3. The number of urea groups is 1. The molecule has 0 bridgehead atoms. The molecule has 164 valence electrons. The van der Waals surface area contributed by atoms with Crippen LogP contribution in [-0.4, -0.2) is 11.9 Å². The first-order chi connectivity index (χ1) is 15.5. The Bertz CT molecular complexity index is 1110. The van der Waals surface area contributed by atoms with Crippen LogP contribution in [0.5, 0.6) is 0 Å². The van der Waals surface area contributed by atoms with Crippen LogP contribution in [0.2, 0.25) is 10.0 Å². The first kappa shape index (κ1) is 23.3. The molecule has 0 saturated heterocycles. The minimum atomic E-state index is -0.652. The van der Waals surface area contributed by atoms with Gasteiger partial charge in [0.1, 0.15) is 0 Å². The third kappa shape index (κ3) is 6.59. The van der Waals surface area contributed by atoms with Gasteiger partial charge < -0.3 is 5.32 Å². The van der Waals surface area contributed by atoms with E-state index in [0.29, 0.717) is 17.3 Å². The van der Waals surface area contributed by atoms with Crippen molar-refractivity contribution in [1.29, 1.82) is 0 Å². The van der Waals surface area contributed by atoms with Gasteiger partial charge in [0.05, 0.1) is 22.9 Å². The highest BCUT2D eigenvalue weighted by Crippen LogP contribution is 2.17. The fraction of sp³-hybridized carbons (Fsp3) is 0.0833. The summed E-state index contributed by atoms with van der Waals surface area (Å²) < 4.78 is 0. The van der Waals surface area contributed by atoms with E-state index in [-0.39, 0.29) is 10.6 Å². The maximum Gasteiger partial charge on any atom is 0.326 e. The van der Waals surface area contributed by atoms with Gasteiger partial charge >= 0.3 is 6.03 Å². The van der Waals surface area contributed by atoms with Gasteiger partial charge in [0.15, 0.2) is 0 Å². The summed E-state index contributed by atoms with van der Waals surface area (Å²) in [6, 6.07) is 20.3. The van der Waals surface area contributed by atoms with Gasteiger partial charge in [-0.15, -0.1) is 0 Å². The molecule has 0 aliphatic rings. The summed E-state index contributed by atoms with van der Waals surface area (Å²) >= 11 is 11.9. The van der Waals surface area contributed by atoms with Crippen LogP contribution in [0.1, 0.15) is 28.4 Å². The van der Waals surface area contributed by atoms with Gasteiger partial charge in [-0.05, 0) is 54.4 Å². The van der Waals surface area contributed by atoms with Crippen LogP contribution >= 0.6 is 23.2 Å². The number of allylic oxidation sites excluding steroid dienone is 1. The Labute approximate surface area is 196 Å². The molecule has 32 heavy (non-hydrogen) atoms. The van der Waals surface area contributed by atoms with Crippen LogP contribution in [0.4, 0.5) is 10.5 Å². The summed E-state index contributed by atoms with van der Waals surface area (Å²) in [5.74, 6) is -0.579. The Kier molecular flexibility index (Phi) is 8.27. The number of halogens is 2. The third-order valence-electron chi connectivity index (χ3n) is 4.42. The van der Waals surface area contributed by atoms with Crippen LogP contribution in [0.3, 0.4) is 0 Å². The predicted molar refractivity (Wildman–Crippen MR) is 127 cm³/mol. The molecule has 0 saturated carbocycles. The van der Waals surface area contributed by atoms with Crippen LogP contribution < -0.4 is 16.1 Å². The molecule has 3 N–H and O–H groups in total. The number of rotatable bonds is 7. The first-order valence-electron chi connectivity index (χ1n) is 9.72. The Hall–Kier alpha value is -3.32. The van der Waals surface area contributed by atoms with E-state index in [1.165, 1.54) is 0 Å². The van der Waals surface area contributed by atoms with Gasteiger partial charge in [-0.3, -0.25) is 20.4 Å². The van der Waals surface area contributed by atoms with E-state index >= 15 is 0 Å². The van der Waals surface area contributed by atoms with Gasteiger partial charge in [0.2, 0.25) is 0 Å². The Morgan fingerprint density at radius 3 is 2.28 bits per heavy atom. The average molecular weight is 470 g/mol. The molecule has 0 fully saturated rings. The lowest BCUT2D eigenvalue weighted by Crippen LogP contribution is -2.34. The summed E-state index contributed by atoms with van der Waals surface area (Å²) in [5.41, 5.74) is 6.35. The summed E-state index contributed by atoms with van der Waals surface area (Å²) in [6.07, 6.45) is 1.90. The van der Waals surface area contributed by atoms with E-state index < -0.39 is 11.9 Å². The maximum absolute atomic E-state index is 12.1. The van der Waals surface area contributed by atoms with Crippen molar-refractivity contribution in [1.82, 2.24) is 10.8 Å². The number of hydrogen-bond donors (Lipinski definition) is 3. The van der Waals surface area contributed by atoms with E-state index in [9.17, 15) is 9.59 Å². The van der Waals surface area contributed by atoms with E-state index in [1.54, 1.807) is 36.4 Å². The Morgan fingerprint density at radius 1 is 0.938 bits per heavy atom. The molecule has 3 amide bonds. The normalized spacial score (nSPS) is 11.0. The van der Waals surface area contributed by atoms with Crippen molar-refractivity contribution in [3.8, 4) is 0 Å². The second-order valence-electron chi connectivity index (χ2n) is 6.68. The molecule has 0 aliphatic heterocycles. The zero-order valence-corrected chi connectivity index (χ0v) is 18.7. The second-order valence-corrected chi connectivity index (χ2v) is 7.53. The lowest BCUT2D eigenvalue weighted by molar-refractivity contribution is 0.0645. The van der Waals surface area contributed by atoms with Gasteiger partial charge in [-0.25, -0.2) is 4.79 Å². The van der Waals surface area contributed by atoms with Crippen molar-refractivity contribution in [2.75, 3.05) is 5.32 Å². The van der Waals surface area contributed by atoms with Gasteiger partial charge in [0, 0.05) is 10.7 Å². The molecule has 3 aromatic rings. The lowest BCUT2D eigenvalue weighted by Gasteiger charge is -2.12. The van der Waals surface area contributed by atoms with Gasteiger partial charge in [0.25, 0.3) is 5.91 Å². The van der Waals surface area contributed by atoms with Gasteiger partial charge in [-0.2, -0.15) is 0 Å². The van der Waals surface area contributed by atoms with Crippen molar-refractivity contribution >= 4 is 46.5 Å². The average Bonchev–Trinajstić information content (AvgIpc) is 2.79. The van der Waals surface area contributed by atoms with E-state index in [4.69, 9.17) is 28.0 Å². The van der Waals surface area contributed by atoms with Crippen LogP contribution in [0, 0.1) is 0 Å².